The molecule has 0 saturated heterocycles. The van der Waals surface area contributed by atoms with Crippen molar-refractivity contribution < 1.29 is 0 Å². The lowest BCUT2D eigenvalue weighted by molar-refractivity contribution is 1.40. The van der Waals surface area contributed by atoms with E-state index in [1.807, 2.05) is 42.5 Å². The molecule has 0 atom stereocenters. The van der Waals surface area contributed by atoms with Crippen molar-refractivity contribution in [2.45, 2.75) is 0 Å². The Bertz CT molecular complexity index is 985. The average molecular weight is 315 g/mol. The van der Waals surface area contributed by atoms with E-state index in [2.05, 4.69) is 16.9 Å². The molecular formula is C20H17N3O. The van der Waals surface area contributed by atoms with E-state index in [0.717, 1.165) is 22.5 Å². The van der Waals surface area contributed by atoms with Gasteiger partial charge in [0.1, 0.15) is 0 Å². The van der Waals surface area contributed by atoms with Crippen molar-refractivity contribution in [3.63, 3.8) is 0 Å². The van der Waals surface area contributed by atoms with Crippen molar-refractivity contribution in [1.82, 2.24) is 4.98 Å². The first-order valence-corrected chi connectivity index (χ1v) is 7.55. The highest BCUT2D eigenvalue weighted by atomic mass is 16.1. The molecule has 0 bridgehead atoms. The van der Waals surface area contributed by atoms with E-state index in [-0.39, 0.29) is 5.43 Å². The summed E-state index contributed by atoms with van der Waals surface area (Å²) in [7, 11) is 0. The lowest BCUT2D eigenvalue weighted by Crippen LogP contribution is -1.99. The molecule has 1 aromatic heterocycles. The maximum atomic E-state index is 12.5. The van der Waals surface area contributed by atoms with Crippen molar-refractivity contribution in [1.29, 1.82) is 5.41 Å². The highest BCUT2D eigenvalue weighted by Crippen LogP contribution is 2.32. The molecule has 0 saturated carbocycles. The molecule has 0 unspecified atom stereocenters. The molecule has 24 heavy (non-hydrogen) atoms. The van der Waals surface area contributed by atoms with Crippen LogP contribution in [0.25, 0.3) is 16.5 Å². The fraction of sp³-hybridized carbons (Fsp3) is 0. The van der Waals surface area contributed by atoms with Gasteiger partial charge >= 0.3 is 0 Å². The summed E-state index contributed by atoms with van der Waals surface area (Å²) in [5.74, 6) is 0. The largest absolute Gasteiger partial charge is 0.353 e. The first-order valence-electron chi connectivity index (χ1n) is 7.55. The Morgan fingerprint density at radius 2 is 1.79 bits per heavy atom. The second kappa shape index (κ2) is 6.79. The van der Waals surface area contributed by atoms with Gasteiger partial charge < -0.3 is 15.7 Å². The monoisotopic (exact) mass is 315 g/mol. The molecular weight excluding hydrogens is 298 g/mol. The summed E-state index contributed by atoms with van der Waals surface area (Å²) in [4.78, 5) is 15.8. The van der Waals surface area contributed by atoms with Gasteiger partial charge in [-0.1, -0.05) is 43.0 Å². The maximum Gasteiger partial charge on any atom is 0.190 e. The standard InChI is InChI=1S/C20H17N3O/c1-2-14(12-13-21)19-20(22-15-8-4-3-5-9-15)18-16(23-19)10-6-7-11-17(18)24/h2-13,21-23H,1H2/b14-12+,21-13?. The Kier molecular flexibility index (Phi) is 4.38. The summed E-state index contributed by atoms with van der Waals surface area (Å²) in [5, 5.41) is 11.2. The van der Waals surface area contributed by atoms with Crippen LogP contribution in [-0.2, 0) is 0 Å². The van der Waals surface area contributed by atoms with Crippen LogP contribution in [-0.4, -0.2) is 11.2 Å². The van der Waals surface area contributed by atoms with E-state index in [1.165, 1.54) is 6.21 Å². The minimum absolute atomic E-state index is 0.0748. The van der Waals surface area contributed by atoms with Gasteiger partial charge in [0.2, 0.25) is 0 Å². The second-order valence-corrected chi connectivity index (χ2v) is 5.23. The molecule has 3 rings (SSSR count). The number of hydrogen-bond donors (Lipinski definition) is 3. The number of nitrogens with one attached hydrogen (secondary N) is 3. The number of para-hydroxylation sites is 1. The molecule has 0 amide bonds. The number of aromatic amines is 1. The van der Waals surface area contributed by atoms with Crippen LogP contribution in [0.15, 0.2) is 78.1 Å². The Morgan fingerprint density at radius 1 is 1.08 bits per heavy atom. The quantitative estimate of drug-likeness (QED) is 0.479. The van der Waals surface area contributed by atoms with Gasteiger partial charge in [0, 0.05) is 17.5 Å². The lowest BCUT2D eigenvalue weighted by atomic mass is 10.1. The molecule has 0 aliphatic rings. The van der Waals surface area contributed by atoms with Crippen LogP contribution in [0.2, 0.25) is 0 Å². The molecule has 0 radical (unpaired) electrons. The zero-order valence-electron chi connectivity index (χ0n) is 13.0. The van der Waals surface area contributed by atoms with Crippen molar-refractivity contribution in [3.8, 4) is 0 Å². The Balaban J connectivity index is 2.32. The highest BCUT2D eigenvalue weighted by molar-refractivity contribution is 6.03. The zero-order valence-corrected chi connectivity index (χ0v) is 13.0. The number of benzene rings is 1. The second-order valence-electron chi connectivity index (χ2n) is 5.23. The Morgan fingerprint density at radius 3 is 2.50 bits per heavy atom. The molecule has 3 N–H and O–H groups in total. The molecule has 0 aliphatic heterocycles. The minimum Gasteiger partial charge on any atom is -0.353 e. The van der Waals surface area contributed by atoms with Crippen molar-refractivity contribution in [2.24, 2.45) is 0 Å². The smallest absolute Gasteiger partial charge is 0.190 e. The third-order valence-corrected chi connectivity index (χ3v) is 3.71. The summed E-state index contributed by atoms with van der Waals surface area (Å²) < 4.78 is 0. The molecule has 118 valence electrons. The summed E-state index contributed by atoms with van der Waals surface area (Å²) in [6.07, 6.45) is 4.50. The number of aromatic nitrogens is 1. The number of allylic oxidation sites excluding steroid dienone is 3. The number of H-pyrrole nitrogens is 1. The van der Waals surface area contributed by atoms with E-state index < -0.39 is 0 Å². The lowest BCUT2D eigenvalue weighted by Gasteiger charge is -2.08. The minimum atomic E-state index is -0.0748. The van der Waals surface area contributed by atoms with Crippen molar-refractivity contribution >= 4 is 34.1 Å². The number of fused-ring (bicyclic) bond motifs is 1. The average Bonchev–Trinajstić information content (AvgIpc) is 2.84. The molecule has 0 fully saturated rings. The molecule has 4 heteroatoms. The SMILES string of the molecule is C=C/C(=C\C=N)c1[nH]c2ccccc(=O)c2c1Nc1ccccc1. The van der Waals surface area contributed by atoms with Gasteiger partial charge in [-0.2, -0.15) is 0 Å². The van der Waals surface area contributed by atoms with Crippen LogP contribution < -0.4 is 10.7 Å². The van der Waals surface area contributed by atoms with Crippen LogP contribution >= 0.6 is 0 Å². The third kappa shape index (κ3) is 2.90. The summed E-state index contributed by atoms with van der Waals surface area (Å²) in [6, 6.07) is 16.6. The molecule has 1 heterocycles. The van der Waals surface area contributed by atoms with Gasteiger partial charge in [-0.15, -0.1) is 0 Å². The molecule has 0 aliphatic carbocycles. The normalized spacial score (nSPS) is 11.2. The fourth-order valence-corrected chi connectivity index (χ4v) is 2.63. The van der Waals surface area contributed by atoms with Crippen LogP contribution in [0.4, 0.5) is 11.4 Å². The van der Waals surface area contributed by atoms with Gasteiger partial charge in [0.15, 0.2) is 5.43 Å². The predicted octanol–water partition coefficient (Wildman–Crippen LogP) is 4.49. The van der Waals surface area contributed by atoms with E-state index in [9.17, 15) is 4.79 Å². The van der Waals surface area contributed by atoms with E-state index in [0.29, 0.717) is 11.1 Å². The number of hydrogen-bond acceptors (Lipinski definition) is 3. The molecule has 3 aromatic rings. The van der Waals surface area contributed by atoms with Crippen LogP contribution in [0, 0.1) is 5.41 Å². The third-order valence-electron chi connectivity index (χ3n) is 3.71. The molecule has 0 spiro atoms. The Hall–Kier alpha value is -3.40. The predicted molar refractivity (Wildman–Crippen MR) is 101 cm³/mol. The van der Waals surface area contributed by atoms with Gasteiger partial charge in [-0.25, -0.2) is 0 Å². The molecule has 2 aromatic carbocycles. The van der Waals surface area contributed by atoms with Gasteiger partial charge in [-0.05, 0) is 30.3 Å². The van der Waals surface area contributed by atoms with Crippen molar-refractivity contribution in [3.05, 3.63) is 89.2 Å². The summed E-state index contributed by atoms with van der Waals surface area (Å²) >= 11 is 0. The number of anilines is 2. The van der Waals surface area contributed by atoms with E-state index in [4.69, 9.17) is 5.41 Å². The Labute approximate surface area is 139 Å². The van der Waals surface area contributed by atoms with Gasteiger partial charge in [0.25, 0.3) is 0 Å². The zero-order chi connectivity index (χ0) is 16.9. The first-order chi connectivity index (χ1) is 11.7. The maximum absolute atomic E-state index is 12.5. The van der Waals surface area contributed by atoms with Crippen LogP contribution in [0.5, 0.6) is 0 Å². The summed E-state index contributed by atoms with van der Waals surface area (Å²) in [5.41, 5.74) is 3.69. The number of rotatable bonds is 5. The van der Waals surface area contributed by atoms with Crippen molar-refractivity contribution in [2.75, 3.05) is 5.32 Å². The molecule has 4 nitrogen and oxygen atoms in total. The fourth-order valence-electron chi connectivity index (χ4n) is 2.63. The van der Waals surface area contributed by atoms with E-state index in [1.54, 1.807) is 24.3 Å². The van der Waals surface area contributed by atoms with Gasteiger partial charge in [0.05, 0.1) is 22.3 Å². The first kappa shape index (κ1) is 15.5. The topological polar surface area (TPSA) is 68.7 Å². The van der Waals surface area contributed by atoms with Crippen LogP contribution in [0.3, 0.4) is 0 Å². The van der Waals surface area contributed by atoms with E-state index >= 15 is 0 Å². The van der Waals surface area contributed by atoms with Crippen LogP contribution in [0.1, 0.15) is 5.69 Å². The highest BCUT2D eigenvalue weighted by Gasteiger charge is 2.15. The van der Waals surface area contributed by atoms with Gasteiger partial charge in [-0.3, -0.25) is 4.79 Å². The summed E-state index contributed by atoms with van der Waals surface area (Å²) in [6.45, 7) is 3.81.